The Balaban J connectivity index is 2.74. The summed E-state index contributed by atoms with van der Waals surface area (Å²) in [5.41, 5.74) is 0. The number of carboxylic acids is 1. The van der Waals surface area contributed by atoms with E-state index in [0.29, 0.717) is 0 Å². The van der Waals surface area contributed by atoms with Gasteiger partial charge in [0.05, 0.1) is 6.10 Å². The summed E-state index contributed by atoms with van der Waals surface area (Å²) in [6, 6.07) is -0.181. The van der Waals surface area contributed by atoms with E-state index < -0.39 is 24.1 Å². The first-order chi connectivity index (χ1) is 7.26. The molecular formula is C10H19NO5. The third kappa shape index (κ3) is 2.70. The number of carboxylic acid groups (broad SMARTS) is 1. The van der Waals surface area contributed by atoms with E-state index in [1.165, 1.54) is 0 Å². The molecule has 94 valence electrons. The van der Waals surface area contributed by atoms with E-state index in [1.54, 1.807) is 13.8 Å². The lowest BCUT2D eigenvalue weighted by Crippen LogP contribution is -2.59. The molecule has 0 aromatic heterocycles. The van der Waals surface area contributed by atoms with Crippen LogP contribution in [0.25, 0.3) is 0 Å². The lowest BCUT2D eigenvalue weighted by Gasteiger charge is -2.42. The average Bonchev–Trinajstić information content (AvgIpc) is 2.10. The molecule has 0 aromatic rings. The Morgan fingerprint density at radius 2 is 2.12 bits per heavy atom. The van der Waals surface area contributed by atoms with Crippen LogP contribution in [0.4, 0.5) is 0 Å². The number of hydrogen-bond donors (Lipinski definition) is 4. The molecule has 0 spiro atoms. The van der Waals surface area contributed by atoms with Crippen LogP contribution >= 0.6 is 0 Å². The van der Waals surface area contributed by atoms with Crippen LogP contribution in [0, 0.1) is 5.92 Å². The number of hydrogen-bond acceptors (Lipinski definition) is 5. The molecule has 5 unspecified atom stereocenters. The molecule has 1 fully saturated rings. The quantitative estimate of drug-likeness (QED) is 0.490. The van der Waals surface area contributed by atoms with Crippen molar-refractivity contribution in [1.29, 1.82) is 0 Å². The predicted octanol–water partition coefficient (Wildman–Crippen LogP) is -0.499. The molecule has 1 rings (SSSR count). The normalized spacial score (nSPS) is 41.7. The minimum Gasteiger partial charge on any atom is -0.477 e. The molecule has 0 saturated carbocycles. The second-order valence-electron chi connectivity index (χ2n) is 4.46. The van der Waals surface area contributed by atoms with E-state index in [1.807, 2.05) is 6.92 Å². The van der Waals surface area contributed by atoms with Gasteiger partial charge in [0.25, 0.3) is 5.79 Å². The zero-order chi connectivity index (χ0) is 12.5. The summed E-state index contributed by atoms with van der Waals surface area (Å²) >= 11 is 0. The maximum Gasteiger partial charge on any atom is 0.364 e. The van der Waals surface area contributed by atoms with Crippen LogP contribution in [0.15, 0.2) is 0 Å². The first kappa shape index (κ1) is 13.4. The van der Waals surface area contributed by atoms with Crippen molar-refractivity contribution in [2.75, 3.05) is 0 Å². The first-order valence-corrected chi connectivity index (χ1v) is 5.34. The van der Waals surface area contributed by atoms with Gasteiger partial charge < -0.3 is 20.1 Å². The van der Waals surface area contributed by atoms with Crippen molar-refractivity contribution in [3.05, 3.63) is 0 Å². The minimum atomic E-state index is -2.12. The van der Waals surface area contributed by atoms with Gasteiger partial charge >= 0.3 is 5.97 Å². The molecule has 0 radical (unpaired) electrons. The van der Waals surface area contributed by atoms with Crippen LogP contribution in [-0.4, -0.2) is 45.4 Å². The maximum absolute atomic E-state index is 10.9. The number of aliphatic hydroxyl groups is 2. The summed E-state index contributed by atoms with van der Waals surface area (Å²) < 4.78 is 5.10. The topological polar surface area (TPSA) is 99.0 Å². The Labute approximate surface area is 94.2 Å². The molecule has 4 N–H and O–H groups in total. The zero-order valence-electron chi connectivity index (χ0n) is 9.67. The van der Waals surface area contributed by atoms with E-state index in [0.717, 1.165) is 0 Å². The summed E-state index contributed by atoms with van der Waals surface area (Å²) in [5.74, 6) is -3.60. The van der Waals surface area contributed by atoms with Crippen LogP contribution < -0.4 is 5.32 Å². The van der Waals surface area contributed by atoms with Crippen molar-refractivity contribution in [2.24, 2.45) is 5.92 Å². The van der Waals surface area contributed by atoms with Gasteiger partial charge in [-0.05, 0) is 19.8 Å². The fraction of sp³-hybridized carbons (Fsp3) is 0.900. The number of ether oxygens (including phenoxy) is 1. The van der Waals surface area contributed by atoms with Gasteiger partial charge in [-0.2, -0.15) is 0 Å². The molecule has 0 amide bonds. The molecular weight excluding hydrogens is 214 g/mol. The highest BCUT2D eigenvalue weighted by Gasteiger charge is 2.48. The fourth-order valence-electron chi connectivity index (χ4n) is 2.17. The summed E-state index contributed by atoms with van der Waals surface area (Å²) in [5, 5.41) is 30.7. The van der Waals surface area contributed by atoms with E-state index in [9.17, 15) is 15.0 Å². The smallest absolute Gasteiger partial charge is 0.364 e. The Morgan fingerprint density at radius 1 is 1.56 bits per heavy atom. The van der Waals surface area contributed by atoms with Gasteiger partial charge in [-0.1, -0.05) is 6.92 Å². The Morgan fingerprint density at radius 3 is 2.50 bits per heavy atom. The van der Waals surface area contributed by atoms with Crippen molar-refractivity contribution in [2.45, 2.75) is 51.4 Å². The molecule has 1 saturated heterocycles. The summed E-state index contributed by atoms with van der Waals surface area (Å²) in [6.45, 7) is 5.06. The SMILES string of the molecule is CC(O)NC1C(C)CC(O)(C(=O)O)OC1C. The van der Waals surface area contributed by atoms with E-state index in [2.05, 4.69) is 5.32 Å². The monoisotopic (exact) mass is 233 g/mol. The third-order valence-corrected chi connectivity index (χ3v) is 2.87. The second kappa shape index (κ2) is 4.67. The van der Waals surface area contributed by atoms with Crippen LogP contribution in [0.1, 0.15) is 27.2 Å². The molecule has 16 heavy (non-hydrogen) atoms. The molecule has 0 aromatic carbocycles. The number of carbonyl (C=O) groups is 1. The van der Waals surface area contributed by atoms with E-state index in [-0.39, 0.29) is 18.4 Å². The molecule has 1 aliphatic heterocycles. The maximum atomic E-state index is 10.9. The zero-order valence-corrected chi connectivity index (χ0v) is 9.67. The van der Waals surface area contributed by atoms with Gasteiger partial charge in [-0.15, -0.1) is 0 Å². The summed E-state index contributed by atoms with van der Waals surface area (Å²) in [7, 11) is 0. The number of aliphatic hydroxyl groups excluding tert-OH is 1. The molecule has 0 aliphatic carbocycles. The predicted molar refractivity (Wildman–Crippen MR) is 55.5 cm³/mol. The van der Waals surface area contributed by atoms with Gasteiger partial charge in [0.1, 0.15) is 6.23 Å². The second-order valence-corrected chi connectivity index (χ2v) is 4.46. The Hall–Kier alpha value is -0.690. The highest BCUT2D eigenvalue weighted by Crippen LogP contribution is 2.31. The fourth-order valence-corrected chi connectivity index (χ4v) is 2.17. The van der Waals surface area contributed by atoms with E-state index >= 15 is 0 Å². The van der Waals surface area contributed by atoms with Crippen molar-refractivity contribution in [3.8, 4) is 0 Å². The summed E-state index contributed by atoms with van der Waals surface area (Å²) in [6.07, 6.45) is -1.19. The molecule has 1 aliphatic rings. The van der Waals surface area contributed by atoms with Crippen molar-refractivity contribution >= 4 is 5.97 Å². The number of rotatable bonds is 3. The first-order valence-electron chi connectivity index (χ1n) is 5.34. The van der Waals surface area contributed by atoms with Crippen LogP contribution in [0.5, 0.6) is 0 Å². The molecule has 1 heterocycles. The van der Waals surface area contributed by atoms with Crippen molar-refractivity contribution in [3.63, 3.8) is 0 Å². The average molecular weight is 233 g/mol. The molecule has 6 heteroatoms. The van der Waals surface area contributed by atoms with Crippen molar-refractivity contribution < 1.29 is 24.9 Å². The van der Waals surface area contributed by atoms with Crippen molar-refractivity contribution in [1.82, 2.24) is 5.32 Å². The summed E-state index contributed by atoms with van der Waals surface area (Å²) in [4.78, 5) is 10.9. The van der Waals surface area contributed by atoms with Crippen LogP contribution in [0.3, 0.4) is 0 Å². The molecule has 6 nitrogen and oxygen atoms in total. The highest BCUT2D eigenvalue weighted by molar-refractivity contribution is 5.75. The minimum absolute atomic E-state index is 0.00292. The van der Waals surface area contributed by atoms with Gasteiger partial charge in [0, 0.05) is 12.5 Å². The number of nitrogens with one attached hydrogen (secondary N) is 1. The van der Waals surface area contributed by atoms with Gasteiger partial charge in [-0.25, -0.2) is 4.79 Å². The van der Waals surface area contributed by atoms with Gasteiger partial charge in [0.2, 0.25) is 0 Å². The highest BCUT2D eigenvalue weighted by atomic mass is 16.7. The van der Waals surface area contributed by atoms with Crippen LogP contribution in [-0.2, 0) is 9.53 Å². The van der Waals surface area contributed by atoms with Gasteiger partial charge in [-0.3, -0.25) is 5.32 Å². The standard InChI is InChI=1S/C10H19NO5/c1-5-4-10(15,9(13)14)16-6(2)8(5)11-7(3)12/h5-8,11-12,15H,4H2,1-3H3,(H,13,14). The Bertz CT molecular complexity index is 256. The van der Waals surface area contributed by atoms with E-state index in [4.69, 9.17) is 9.84 Å². The lowest BCUT2D eigenvalue weighted by molar-refractivity contribution is -0.267. The Kier molecular flexibility index (Phi) is 3.90. The third-order valence-electron chi connectivity index (χ3n) is 2.87. The lowest BCUT2D eigenvalue weighted by atomic mass is 9.87. The number of aliphatic carboxylic acids is 1. The molecule has 5 atom stereocenters. The largest absolute Gasteiger partial charge is 0.477 e. The van der Waals surface area contributed by atoms with Crippen LogP contribution in [0.2, 0.25) is 0 Å². The van der Waals surface area contributed by atoms with Gasteiger partial charge in [0.15, 0.2) is 0 Å². The molecule has 0 bridgehead atoms.